The lowest BCUT2D eigenvalue weighted by Gasteiger charge is -2.23. The van der Waals surface area contributed by atoms with Crippen LogP contribution in [0, 0.1) is 0 Å². The van der Waals surface area contributed by atoms with Gasteiger partial charge in [0.15, 0.2) is 0 Å². The molecule has 1 aliphatic rings. The number of carbonyl (C=O) groups excluding carboxylic acids is 1. The maximum Gasteiger partial charge on any atom is 0.306 e. The molecule has 0 saturated carbocycles. The van der Waals surface area contributed by atoms with E-state index in [1.54, 1.807) is 11.8 Å². The molecule has 1 amide bonds. The summed E-state index contributed by atoms with van der Waals surface area (Å²) in [5, 5.41) is 24.7. The third-order valence-electron chi connectivity index (χ3n) is 2.93. The van der Waals surface area contributed by atoms with E-state index in [-0.39, 0.29) is 18.9 Å². The molecule has 0 bridgehead atoms. The summed E-state index contributed by atoms with van der Waals surface area (Å²) in [6.45, 7) is 3.35. The van der Waals surface area contributed by atoms with Crippen molar-refractivity contribution in [3.05, 3.63) is 0 Å². The molecule has 1 heterocycles. The molecule has 7 heteroatoms. The van der Waals surface area contributed by atoms with Crippen LogP contribution in [0.1, 0.15) is 26.2 Å². The van der Waals surface area contributed by atoms with Crippen LogP contribution in [0.15, 0.2) is 0 Å². The maximum atomic E-state index is 11.6. The van der Waals surface area contributed by atoms with E-state index in [1.807, 2.05) is 0 Å². The standard InChI is InChI=1S/C12H22N2O4S/c1-12(18,6-11(16)17)8-14-10(15)7-19-9-2-4-13-5-3-9/h9,13,18H,2-8H2,1H3,(H,14,15)(H,16,17). The van der Waals surface area contributed by atoms with Crippen molar-refractivity contribution in [2.75, 3.05) is 25.4 Å². The summed E-state index contributed by atoms with van der Waals surface area (Å²) in [5.74, 6) is -0.883. The predicted molar refractivity (Wildman–Crippen MR) is 74.2 cm³/mol. The lowest BCUT2D eigenvalue weighted by Crippen LogP contribution is -2.42. The van der Waals surface area contributed by atoms with Crippen molar-refractivity contribution in [1.29, 1.82) is 0 Å². The van der Waals surface area contributed by atoms with Gasteiger partial charge in [-0.05, 0) is 32.9 Å². The van der Waals surface area contributed by atoms with Crippen molar-refractivity contribution < 1.29 is 19.8 Å². The number of carboxylic acids is 1. The van der Waals surface area contributed by atoms with E-state index >= 15 is 0 Å². The fraction of sp³-hybridized carbons (Fsp3) is 0.833. The summed E-state index contributed by atoms with van der Waals surface area (Å²) in [4.78, 5) is 22.1. The first-order chi connectivity index (χ1) is 8.89. The number of hydrogen-bond donors (Lipinski definition) is 4. The van der Waals surface area contributed by atoms with Gasteiger partial charge in [0.2, 0.25) is 5.91 Å². The smallest absolute Gasteiger partial charge is 0.306 e. The molecule has 1 aliphatic heterocycles. The highest BCUT2D eigenvalue weighted by molar-refractivity contribution is 8.00. The third kappa shape index (κ3) is 7.39. The number of amides is 1. The minimum absolute atomic E-state index is 0.0368. The normalized spacial score (nSPS) is 19.7. The summed E-state index contributed by atoms with van der Waals surface area (Å²) < 4.78 is 0. The fourth-order valence-electron chi connectivity index (χ4n) is 1.88. The zero-order valence-electron chi connectivity index (χ0n) is 11.1. The minimum Gasteiger partial charge on any atom is -0.481 e. The van der Waals surface area contributed by atoms with Gasteiger partial charge >= 0.3 is 5.97 Å². The molecule has 1 atom stereocenters. The van der Waals surface area contributed by atoms with Crippen LogP contribution >= 0.6 is 11.8 Å². The zero-order valence-corrected chi connectivity index (χ0v) is 12.0. The lowest BCUT2D eigenvalue weighted by atomic mass is 10.0. The minimum atomic E-state index is -1.40. The molecule has 0 aliphatic carbocycles. The maximum absolute atomic E-state index is 11.6. The Morgan fingerprint density at radius 2 is 2.05 bits per heavy atom. The van der Waals surface area contributed by atoms with Crippen LogP contribution in [-0.2, 0) is 9.59 Å². The van der Waals surface area contributed by atoms with Crippen molar-refractivity contribution in [3.8, 4) is 0 Å². The number of rotatable bonds is 7. The van der Waals surface area contributed by atoms with Gasteiger partial charge in [0, 0.05) is 11.8 Å². The Morgan fingerprint density at radius 1 is 1.42 bits per heavy atom. The average Bonchev–Trinajstić information content (AvgIpc) is 2.34. The third-order valence-corrected chi connectivity index (χ3v) is 4.31. The first-order valence-electron chi connectivity index (χ1n) is 6.42. The van der Waals surface area contributed by atoms with Gasteiger partial charge in [-0.1, -0.05) is 0 Å². The first kappa shape index (κ1) is 16.3. The van der Waals surface area contributed by atoms with Gasteiger partial charge < -0.3 is 20.8 Å². The highest BCUT2D eigenvalue weighted by Gasteiger charge is 2.25. The Hall–Kier alpha value is -0.790. The molecular weight excluding hydrogens is 268 g/mol. The Balaban J connectivity index is 2.18. The van der Waals surface area contributed by atoms with Crippen molar-refractivity contribution in [2.24, 2.45) is 0 Å². The fourth-order valence-corrected chi connectivity index (χ4v) is 2.94. The van der Waals surface area contributed by atoms with Gasteiger partial charge in [-0.3, -0.25) is 9.59 Å². The molecule has 1 rings (SSSR count). The van der Waals surface area contributed by atoms with E-state index in [0.717, 1.165) is 25.9 Å². The van der Waals surface area contributed by atoms with Crippen LogP contribution < -0.4 is 10.6 Å². The molecule has 1 fully saturated rings. The van der Waals surface area contributed by atoms with Crippen molar-refractivity contribution >= 4 is 23.6 Å². The molecule has 4 N–H and O–H groups in total. The summed E-state index contributed by atoms with van der Waals surface area (Å²) >= 11 is 1.62. The van der Waals surface area contributed by atoms with Gasteiger partial charge in [-0.25, -0.2) is 0 Å². The molecule has 0 aromatic rings. The second kappa shape index (κ2) is 7.72. The average molecular weight is 290 g/mol. The number of aliphatic carboxylic acids is 1. The van der Waals surface area contributed by atoms with E-state index in [1.165, 1.54) is 6.92 Å². The van der Waals surface area contributed by atoms with Crippen LogP contribution in [-0.4, -0.2) is 58.3 Å². The van der Waals surface area contributed by atoms with Gasteiger partial charge in [0.1, 0.15) is 0 Å². The van der Waals surface area contributed by atoms with Gasteiger partial charge in [0.05, 0.1) is 17.8 Å². The summed E-state index contributed by atoms with van der Waals surface area (Å²) in [7, 11) is 0. The Labute approximate surface area is 117 Å². The highest BCUT2D eigenvalue weighted by Crippen LogP contribution is 2.19. The second-order valence-corrected chi connectivity index (χ2v) is 6.39. The molecule has 1 saturated heterocycles. The van der Waals surface area contributed by atoms with Crippen LogP contribution in [0.5, 0.6) is 0 Å². The number of hydrogen-bond acceptors (Lipinski definition) is 5. The number of carboxylic acid groups (broad SMARTS) is 1. The summed E-state index contributed by atoms with van der Waals surface area (Å²) in [6, 6.07) is 0. The number of piperidine rings is 1. The van der Waals surface area contributed by atoms with E-state index < -0.39 is 11.6 Å². The topological polar surface area (TPSA) is 98.7 Å². The van der Waals surface area contributed by atoms with Crippen molar-refractivity contribution in [3.63, 3.8) is 0 Å². The van der Waals surface area contributed by atoms with E-state index in [2.05, 4.69) is 10.6 Å². The summed E-state index contributed by atoms with van der Waals surface area (Å²) in [5.41, 5.74) is -1.40. The van der Waals surface area contributed by atoms with Crippen LogP contribution in [0.25, 0.3) is 0 Å². The number of aliphatic hydroxyl groups is 1. The molecule has 19 heavy (non-hydrogen) atoms. The van der Waals surface area contributed by atoms with Crippen molar-refractivity contribution in [1.82, 2.24) is 10.6 Å². The molecule has 110 valence electrons. The Bertz CT molecular complexity index is 317. The van der Waals surface area contributed by atoms with Crippen molar-refractivity contribution in [2.45, 2.75) is 37.0 Å². The van der Waals surface area contributed by atoms with E-state index in [0.29, 0.717) is 11.0 Å². The highest BCUT2D eigenvalue weighted by atomic mass is 32.2. The molecular formula is C12H22N2O4S. The Kier molecular flexibility index (Phi) is 6.60. The molecule has 0 aromatic heterocycles. The first-order valence-corrected chi connectivity index (χ1v) is 7.47. The largest absolute Gasteiger partial charge is 0.481 e. The number of carbonyl (C=O) groups is 2. The van der Waals surface area contributed by atoms with E-state index in [4.69, 9.17) is 5.11 Å². The Morgan fingerprint density at radius 3 is 2.63 bits per heavy atom. The molecule has 0 spiro atoms. The SMILES string of the molecule is CC(O)(CNC(=O)CSC1CCNCC1)CC(=O)O. The zero-order chi connectivity index (χ0) is 14.3. The van der Waals surface area contributed by atoms with Gasteiger partial charge in [0.25, 0.3) is 0 Å². The lowest BCUT2D eigenvalue weighted by molar-refractivity contribution is -0.142. The van der Waals surface area contributed by atoms with E-state index in [9.17, 15) is 14.7 Å². The number of thioether (sulfide) groups is 1. The monoisotopic (exact) mass is 290 g/mol. The summed E-state index contributed by atoms with van der Waals surface area (Å²) in [6.07, 6.45) is 1.75. The molecule has 0 aromatic carbocycles. The van der Waals surface area contributed by atoms with Crippen LogP contribution in [0.2, 0.25) is 0 Å². The van der Waals surface area contributed by atoms with Crippen LogP contribution in [0.4, 0.5) is 0 Å². The second-order valence-electron chi connectivity index (χ2n) is 5.10. The quantitative estimate of drug-likeness (QED) is 0.519. The molecule has 6 nitrogen and oxygen atoms in total. The molecule has 0 radical (unpaired) electrons. The van der Waals surface area contributed by atoms with Gasteiger partial charge in [-0.15, -0.1) is 11.8 Å². The van der Waals surface area contributed by atoms with Crippen LogP contribution in [0.3, 0.4) is 0 Å². The van der Waals surface area contributed by atoms with Gasteiger partial charge in [-0.2, -0.15) is 0 Å². The number of nitrogens with one attached hydrogen (secondary N) is 2. The molecule has 1 unspecified atom stereocenters. The predicted octanol–water partition coefficient (Wildman–Crippen LogP) is -0.186.